The van der Waals surface area contributed by atoms with E-state index >= 15 is 0 Å². The van der Waals surface area contributed by atoms with Crippen LogP contribution in [0.1, 0.15) is 15.9 Å². The molecule has 0 spiro atoms. The molecular formula is C14H11IN2O3. The van der Waals surface area contributed by atoms with Gasteiger partial charge in [0.15, 0.2) is 0 Å². The number of para-hydroxylation sites is 1. The largest absolute Gasteiger partial charge is 0.348 e. The van der Waals surface area contributed by atoms with Crippen molar-refractivity contribution in [3.63, 3.8) is 0 Å². The van der Waals surface area contributed by atoms with Gasteiger partial charge in [-0.1, -0.05) is 24.3 Å². The first-order valence-corrected chi connectivity index (χ1v) is 6.92. The molecule has 0 radical (unpaired) electrons. The van der Waals surface area contributed by atoms with Crippen LogP contribution in [0.2, 0.25) is 0 Å². The number of nitrogens with zero attached hydrogens (tertiary/aromatic N) is 1. The van der Waals surface area contributed by atoms with E-state index in [0.717, 1.165) is 9.13 Å². The van der Waals surface area contributed by atoms with E-state index in [4.69, 9.17) is 0 Å². The van der Waals surface area contributed by atoms with E-state index in [-0.39, 0.29) is 11.3 Å². The summed E-state index contributed by atoms with van der Waals surface area (Å²) < 4.78 is 1.11. The lowest BCUT2D eigenvalue weighted by molar-refractivity contribution is -0.385. The summed E-state index contributed by atoms with van der Waals surface area (Å²) in [6.45, 7) is 0.335. The van der Waals surface area contributed by atoms with Crippen LogP contribution in [0.3, 0.4) is 0 Å². The average Bonchev–Trinajstić information content (AvgIpc) is 2.46. The number of carbonyl (C=O) groups excluding carboxylic acids is 1. The van der Waals surface area contributed by atoms with Crippen LogP contribution in [0.15, 0.2) is 48.5 Å². The Hall–Kier alpha value is -1.96. The number of hydrogen-bond donors (Lipinski definition) is 1. The Morgan fingerprint density at radius 1 is 1.15 bits per heavy atom. The number of carbonyl (C=O) groups is 1. The molecule has 0 saturated carbocycles. The van der Waals surface area contributed by atoms with Crippen molar-refractivity contribution in [1.29, 1.82) is 0 Å². The Morgan fingerprint density at radius 3 is 2.45 bits per heavy atom. The van der Waals surface area contributed by atoms with Gasteiger partial charge < -0.3 is 5.32 Å². The number of benzene rings is 2. The highest BCUT2D eigenvalue weighted by Gasteiger charge is 2.18. The molecule has 0 bridgehead atoms. The number of rotatable bonds is 4. The molecule has 0 aliphatic carbocycles. The standard InChI is InChI=1S/C14H11IN2O3/c15-11-7-5-10(6-8-11)9-16-14(18)12-3-1-2-4-13(12)17(19)20/h1-8H,9H2,(H,16,18). The van der Waals surface area contributed by atoms with Gasteiger partial charge >= 0.3 is 0 Å². The van der Waals surface area contributed by atoms with Crippen LogP contribution in [0, 0.1) is 13.7 Å². The predicted octanol–water partition coefficient (Wildman–Crippen LogP) is 3.13. The maximum Gasteiger partial charge on any atom is 0.282 e. The summed E-state index contributed by atoms with van der Waals surface area (Å²) in [7, 11) is 0. The molecule has 0 heterocycles. The van der Waals surface area contributed by atoms with Gasteiger partial charge in [-0.05, 0) is 46.4 Å². The fraction of sp³-hybridized carbons (Fsp3) is 0.0714. The van der Waals surface area contributed by atoms with E-state index in [1.807, 2.05) is 24.3 Å². The first-order valence-electron chi connectivity index (χ1n) is 5.84. The zero-order valence-electron chi connectivity index (χ0n) is 10.4. The highest BCUT2D eigenvalue weighted by molar-refractivity contribution is 14.1. The van der Waals surface area contributed by atoms with E-state index < -0.39 is 10.8 Å². The molecule has 0 saturated heterocycles. The molecule has 0 fully saturated rings. The van der Waals surface area contributed by atoms with Gasteiger partial charge in [-0.25, -0.2) is 0 Å². The molecule has 2 aromatic rings. The van der Waals surface area contributed by atoms with Crippen LogP contribution in [-0.4, -0.2) is 10.8 Å². The number of halogens is 1. The Morgan fingerprint density at radius 2 is 1.80 bits per heavy atom. The van der Waals surface area contributed by atoms with Crippen LogP contribution in [0.25, 0.3) is 0 Å². The second kappa shape index (κ2) is 6.47. The smallest absolute Gasteiger partial charge is 0.282 e. The highest BCUT2D eigenvalue weighted by atomic mass is 127. The summed E-state index contributed by atoms with van der Waals surface area (Å²) in [6, 6.07) is 13.6. The Labute approximate surface area is 129 Å². The number of nitrogens with one attached hydrogen (secondary N) is 1. The van der Waals surface area contributed by atoms with Crippen molar-refractivity contribution in [3.05, 3.63) is 73.3 Å². The van der Waals surface area contributed by atoms with Gasteiger partial charge in [0.1, 0.15) is 5.56 Å². The highest BCUT2D eigenvalue weighted by Crippen LogP contribution is 2.17. The van der Waals surface area contributed by atoms with Gasteiger partial charge in [0.2, 0.25) is 0 Å². The van der Waals surface area contributed by atoms with Crippen LogP contribution in [0.5, 0.6) is 0 Å². The third-order valence-electron chi connectivity index (χ3n) is 2.71. The Balaban J connectivity index is 2.09. The van der Waals surface area contributed by atoms with E-state index in [0.29, 0.717) is 6.54 Å². The molecule has 0 aromatic heterocycles. The van der Waals surface area contributed by atoms with E-state index in [1.54, 1.807) is 6.07 Å². The van der Waals surface area contributed by atoms with Crippen molar-refractivity contribution in [2.75, 3.05) is 0 Å². The topological polar surface area (TPSA) is 72.2 Å². The van der Waals surface area contributed by atoms with Crippen molar-refractivity contribution in [1.82, 2.24) is 5.32 Å². The molecule has 102 valence electrons. The zero-order valence-corrected chi connectivity index (χ0v) is 12.5. The third-order valence-corrected chi connectivity index (χ3v) is 3.43. The van der Waals surface area contributed by atoms with E-state index in [9.17, 15) is 14.9 Å². The zero-order chi connectivity index (χ0) is 14.5. The number of nitro groups is 1. The lowest BCUT2D eigenvalue weighted by atomic mass is 10.1. The Bertz CT molecular complexity index is 641. The van der Waals surface area contributed by atoms with Crippen molar-refractivity contribution < 1.29 is 9.72 Å². The van der Waals surface area contributed by atoms with Crippen molar-refractivity contribution >= 4 is 34.2 Å². The molecule has 0 aliphatic rings. The lowest BCUT2D eigenvalue weighted by Gasteiger charge is -2.06. The van der Waals surface area contributed by atoms with Crippen LogP contribution in [-0.2, 0) is 6.54 Å². The fourth-order valence-electron chi connectivity index (χ4n) is 1.70. The first kappa shape index (κ1) is 14.4. The second-order valence-corrected chi connectivity index (χ2v) is 5.33. The molecule has 5 nitrogen and oxygen atoms in total. The molecule has 0 atom stereocenters. The van der Waals surface area contributed by atoms with Gasteiger partial charge in [-0.3, -0.25) is 14.9 Å². The van der Waals surface area contributed by atoms with Gasteiger partial charge in [0.25, 0.3) is 11.6 Å². The molecule has 0 aliphatic heterocycles. The fourth-order valence-corrected chi connectivity index (χ4v) is 2.06. The maximum absolute atomic E-state index is 12.0. The first-order chi connectivity index (χ1) is 9.58. The van der Waals surface area contributed by atoms with Gasteiger partial charge in [-0.15, -0.1) is 0 Å². The second-order valence-electron chi connectivity index (χ2n) is 4.08. The molecule has 2 aromatic carbocycles. The summed E-state index contributed by atoms with van der Waals surface area (Å²) in [6.07, 6.45) is 0. The SMILES string of the molecule is O=C(NCc1ccc(I)cc1)c1ccccc1[N+](=O)[O-]. The summed E-state index contributed by atoms with van der Waals surface area (Å²) in [5, 5.41) is 13.5. The minimum absolute atomic E-state index is 0.0722. The average molecular weight is 382 g/mol. The number of hydrogen-bond acceptors (Lipinski definition) is 3. The lowest BCUT2D eigenvalue weighted by Crippen LogP contribution is -2.23. The molecule has 6 heteroatoms. The van der Waals surface area contributed by atoms with Crippen molar-refractivity contribution in [3.8, 4) is 0 Å². The molecule has 1 N–H and O–H groups in total. The summed E-state index contributed by atoms with van der Waals surface area (Å²) >= 11 is 2.20. The predicted molar refractivity (Wildman–Crippen MR) is 83.4 cm³/mol. The van der Waals surface area contributed by atoms with Gasteiger partial charge in [-0.2, -0.15) is 0 Å². The van der Waals surface area contributed by atoms with E-state index in [2.05, 4.69) is 27.9 Å². The molecule has 2 rings (SSSR count). The van der Waals surface area contributed by atoms with Crippen molar-refractivity contribution in [2.45, 2.75) is 6.54 Å². The summed E-state index contributed by atoms with van der Waals surface area (Å²) in [5.74, 6) is -0.448. The number of nitro benzene ring substituents is 1. The van der Waals surface area contributed by atoms with Crippen LogP contribution >= 0.6 is 22.6 Å². The molecule has 20 heavy (non-hydrogen) atoms. The quantitative estimate of drug-likeness (QED) is 0.502. The van der Waals surface area contributed by atoms with Gasteiger partial charge in [0.05, 0.1) is 4.92 Å². The number of amides is 1. The summed E-state index contributed by atoms with van der Waals surface area (Å²) in [4.78, 5) is 22.3. The minimum Gasteiger partial charge on any atom is -0.348 e. The van der Waals surface area contributed by atoms with Crippen LogP contribution < -0.4 is 5.32 Å². The normalized spacial score (nSPS) is 10.1. The van der Waals surface area contributed by atoms with Crippen LogP contribution in [0.4, 0.5) is 5.69 Å². The van der Waals surface area contributed by atoms with E-state index in [1.165, 1.54) is 18.2 Å². The third kappa shape index (κ3) is 3.53. The van der Waals surface area contributed by atoms with Gasteiger partial charge in [0, 0.05) is 16.2 Å². The maximum atomic E-state index is 12.0. The Kier molecular flexibility index (Phi) is 4.67. The molecule has 1 amide bonds. The molecule has 0 unspecified atom stereocenters. The molecular weight excluding hydrogens is 371 g/mol. The minimum atomic E-state index is -0.556. The van der Waals surface area contributed by atoms with Crippen molar-refractivity contribution in [2.24, 2.45) is 0 Å². The monoisotopic (exact) mass is 382 g/mol. The summed E-state index contributed by atoms with van der Waals surface area (Å²) in [5.41, 5.74) is 0.827.